The lowest BCUT2D eigenvalue weighted by molar-refractivity contribution is -0.137. The van der Waals surface area contributed by atoms with E-state index in [1.807, 2.05) is 0 Å². The van der Waals surface area contributed by atoms with Crippen molar-refractivity contribution in [3.8, 4) is 11.3 Å². The molecule has 1 aromatic heterocycles. The van der Waals surface area contributed by atoms with Gasteiger partial charge >= 0.3 is 6.18 Å². The molecule has 0 fully saturated rings. The SMILES string of the molecule is CC(N)c1cccc(-c2cccc(C(F)(F)F)c2)n1. The molecule has 0 spiro atoms. The summed E-state index contributed by atoms with van der Waals surface area (Å²) in [6.07, 6.45) is -4.35. The highest BCUT2D eigenvalue weighted by molar-refractivity contribution is 5.60. The molecule has 1 atom stereocenters. The fourth-order valence-electron chi connectivity index (χ4n) is 1.72. The molecule has 5 heteroatoms. The number of halogens is 3. The Labute approximate surface area is 109 Å². The summed E-state index contributed by atoms with van der Waals surface area (Å²) in [5.41, 5.74) is 6.60. The van der Waals surface area contributed by atoms with Gasteiger partial charge in [0.2, 0.25) is 0 Å². The van der Waals surface area contributed by atoms with Gasteiger partial charge < -0.3 is 5.73 Å². The molecule has 1 unspecified atom stereocenters. The van der Waals surface area contributed by atoms with Crippen LogP contribution in [-0.4, -0.2) is 4.98 Å². The summed E-state index contributed by atoms with van der Waals surface area (Å²) in [4.78, 5) is 4.27. The quantitative estimate of drug-likeness (QED) is 0.898. The molecule has 0 aliphatic carbocycles. The van der Waals surface area contributed by atoms with Crippen LogP contribution in [0.25, 0.3) is 11.3 Å². The minimum absolute atomic E-state index is 0.259. The zero-order chi connectivity index (χ0) is 14.0. The van der Waals surface area contributed by atoms with Gasteiger partial charge in [-0.05, 0) is 31.2 Å². The average Bonchev–Trinajstić information content (AvgIpc) is 2.38. The van der Waals surface area contributed by atoms with Crippen molar-refractivity contribution in [1.29, 1.82) is 0 Å². The third kappa shape index (κ3) is 3.12. The monoisotopic (exact) mass is 266 g/mol. The molecule has 2 rings (SSSR count). The molecule has 1 aromatic carbocycles. The first-order valence-corrected chi connectivity index (χ1v) is 5.78. The van der Waals surface area contributed by atoms with Gasteiger partial charge in [0, 0.05) is 11.6 Å². The minimum atomic E-state index is -4.35. The molecule has 0 aliphatic heterocycles. The molecule has 2 nitrogen and oxygen atoms in total. The van der Waals surface area contributed by atoms with Crippen molar-refractivity contribution in [1.82, 2.24) is 4.98 Å². The highest BCUT2D eigenvalue weighted by Gasteiger charge is 2.30. The zero-order valence-corrected chi connectivity index (χ0v) is 10.3. The smallest absolute Gasteiger partial charge is 0.323 e. The van der Waals surface area contributed by atoms with Crippen molar-refractivity contribution in [2.24, 2.45) is 5.73 Å². The molecule has 19 heavy (non-hydrogen) atoms. The molecule has 1 heterocycles. The largest absolute Gasteiger partial charge is 0.416 e. The van der Waals surface area contributed by atoms with E-state index in [1.54, 1.807) is 31.2 Å². The Hall–Kier alpha value is -1.88. The summed E-state index contributed by atoms with van der Waals surface area (Å²) in [6, 6.07) is 10.0. The van der Waals surface area contributed by atoms with Gasteiger partial charge in [-0.1, -0.05) is 18.2 Å². The van der Waals surface area contributed by atoms with Crippen LogP contribution in [0.4, 0.5) is 13.2 Å². The zero-order valence-electron chi connectivity index (χ0n) is 10.3. The first kappa shape index (κ1) is 13.5. The predicted molar refractivity (Wildman–Crippen MR) is 67.3 cm³/mol. The maximum absolute atomic E-state index is 12.7. The molecule has 0 aliphatic rings. The number of hydrogen-bond donors (Lipinski definition) is 1. The normalized spacial score (nSPS) is 13.3. The van der Waals surface area contributed by atoms with Crippen molar-refractivity contribution in [3.63, 3.8) is 0 Å². The van der Waals surface area contributed by atoms with Crippen LogP contribution in [0.15, 0.2) is 42.5 Å². The summed E-state index contributed by atoms with van der Waals surface area (Å²) < 4.78 is 38.0. The molecule has 2 aromatic rings. The molecule has 2 N–H and O–H groups in total. The van der Waals surface area contributed by atoms with Crippen LogP contribution >= 0.6 is 0 Å². The van der Waals surface area contributed by atoms with Crippen LogP contribution in [-0.2, 0) is 6.18 Å². The molecule has 0 saturated carbocycles. The lowest BCUT2D eigenvalue weighted by atomic mass is 10.1. The number of nitrogens with two attached hydrogens (primary N) is 1. The Bertz CT molecular complexity index is 577. The first-order chi connectivity index (χ1) is 8.88. The van der Waals surface area contributed by atoms with Crippen LogP contribution in [0.5, 0.6) is 0 Å². The summed E-state index contributed by atoms with van der Waals surface area (Å²) in [6.45, 7) is 1.78. The Kier molecular flexibility index (Phi) is 3.57. The summed E-state index contributed by atoms with van der Waals surface area (Å²) in [5.74, 6) is 0. The molecule has 100 valence electrons. The Balaban J connectivity index is 2.45. The van der Waals surface area contributed by atoms with E-state index in [2.05, 4.69) is 4.98 Å². The van der Waals surface area contributed by atoms with Crippen LogP contribution in [0.2, 0.25) is 0 Å². The first-order valence-electron chi connectivity index (χ1n) is 5.78. The number of hydrogen-bond acceptors (Lipinski definition) is 2. The fourth-order valence-corrected chi connectivity index (χ4v) is 1.72. The highest BCUT2D eigenvalue weighted by atomic mass is 19.4. The van der Waals surface area contributed by atoms with Gasteiger partial charge in [0.25, 0.3) is 0 Å². The summed E-state index contributed by atoms with van der Waals surface area (Å²) >= 11 is 0. The Morgan fingerprint density at radius 1 is 1.11 bits per heavy atom. The third-order valence-corrected chi connectivity index (χ3v) is 2.72. The number of rotatable bonds is 2. The van der Waals surface area contributed by atoms with Crippen LogP contribution < -0.4 is 5.73 Å². The maximum Gasteiger partial charge on any atom is 0.416 e. The summed E-state index contributed by atoms with van der Waals surface area (Å²) in [7, 11) is 0. The van der Waals surface area contributed by atoms with E-state index in [4.69, 9.17) is 5.73 Å². The van der Waals surface area contributed by atoms with Gasteiger partial charge in [0.1, 0.15) is 0 Å². The van der Waals surface area contributed by atoms with E-state index >= 15 is 0 Å². The second-order valence-corrected chi connectivity index (χ2v) is 4.31. The number of aromatic nitrogens is 1. The number of nitrogens with zero attached hydrogens (tertiary/aromatic N) is 1. The number of benzene rings is 1. The van der Waals surface area contributed by atoms with Crippen molar-refractivity contribution in [2.75, 3.05) is 0 Å². The van der Waals surface area contributed by atoms with Crippen LogP contribution in [0.1, 0.15) is 24.2 Å². The van der Waals surface area contributed by atoms with Crippen LogP contribution in [0, 0.1) is 0 Å². The topological polar surface area (TPSA) is 38.9 Å². The number of alkyl halides is 3. The van der Waals surface area contributed by atoms with Crippen LogP contribution in [0.3, 0.4) is 0 Å². The van der Waals surface area contributed by atoms with Gasteiger partial charge in [0.05, 0.1) is 17.0 Å². The second kappa shape index (κ2) is 5.01. The van der Waals surface area contributed by atoms with Crippen molar-refractivity contribution >= 4 is 0 Å². The molecule has 0 bridgehead atoms. The Morgan fingerprint density at radius 2 is 1.79 bits per heavy atom. The Morgan fingerprint density at radius 3 is 2.42 bits per heavy atom. The van der Waals surface area contributed by atoms with E-state index < -0.39 is 11.7 Å². The van der Waals surface area contributed by atoms with Gasteiger partial charge in [-0.15, -0.1) is 0 Å². The molecular formula is C14H13F3N2. The van der Waals surface area contributed by atoms with E-state index in [-0.39, 0.29) is 6.04 Å². The molecule has 0 radical (unpaired) electrons. The van der Waals surface area contributed by atoms with Gasteiger partial charge in [0.15, 0.2) is 0 Å². The average molecular weight is 266 g/mol. The standard InChI is InChI=1S/C14H13F3N2/c1-9(18)12-6-3-7-13(19-12)10-4-2-5-11(8-10)14(15,16)17/h2-9H,18H2,1H3. The van der Waals surface area contributed by atoms with E-state index in [1.165, 1.54) is 6.07 Å². The van der Waals surface area contributed by atoms with Crippen molar-refractivity contribution in [3.05, 3.63) is 53.7 Å². The van der Waals surface area contributed by atoms with E-state index in [0.717, 1.165) is 12.1 Å². The fraction of sp³-hybridized carbons (Fsp3) is 0.214. The van der Waals surface area contributed by atoms with E-state index in [0.29, 0.717) is 17.0 Å². The highest BCUT2D eigenvalue weighted by Crippen LogP contribution is 2.31. The maximum atomic E-state index is 12.7. The van der Waals surface area contributed by atoms with Crippen molar-refractivity contribution < 1.29 is 13.2 Å². The lowest BCUT2D eigenvalue weighted by Crippen LogP contribution is -2.08. The van der Waals surface area contributed by atoms with Gasteiger partial charge in [-0.3, -0.25) is 4.98 Å². The van der Waals surface area contributed by atoms with Gasteiger partial charge in [-0.25, -0.2) is 0 Å². The minimum Gasteiger partial charge on any atom is -0.323 e. The molecule has 0 amide bonds. The number of pyridine rings is 1. The third-order valence-electron chi connectivity index (χ3n) is 2.72. The second-order valence-electron chi connectivity index (χ2n) is 4.31. The predicted octanol–water partition coefficient (Wildman–Crippen LogP) is 3.79. The molecular weight excluding hydrogens is 253 g/mol. The summed E-state index contributed by atoms with van der Waals surface area (Å²) in [5, 5.41) is 0. The van der Waals surface area contributed by atoms with Crippen molar-refractivity contribution in [2.45, 2.75) is 19.1 Å². The van der Waals surface area contributed by atoms with Gasteiger partial charge in [-0.2, -0.15) is 13.2 Å². The lowest BCUT2D eigenvalue weighted by Gasteiger charge is -2.10. The molecule has 0 saturated heterocycles. The van der Waals surface area contributed by atoms with E-state index in [9.17, 15) is 13.2 Å².